The highest BCUT2D eigenvalue weighted by atomic mass is 19.1. The van der Waals surface area contributed by atoms with Gasteiger partial charge in [0, 0.05) is 17.7 Å². The van der Waals surface area contributed by atoms with E-state index in [2.05, 4.69) is 0 Å². The van der Waals surface area contributed by atoms with Crippen LogP contribution in [0.3, 0.4) is 0 Å². The molecule has 1 aromatic heterocycles. The van der Waals surface area contributed by atoms with Crippen molar-refractivity contribution < 1.29 is 23.1 Å². The zero-order valence-electron chi connectivity index (χ0n) is 15.7. The van der Waals surface area contributed by atoms with Crippen LogP contribution in [0.1, 0.15) is 22.3 Å². The lowest BCUT2D eigenvalue weighted by molar-refractivity contribution is -0.134. The third kappa shape index (κ3) is 4.05. The zero-order valence-corrected chi connectivity index (χ0v) is 15.7. The summed E-state index contributed by atoms with van der Waals surface area (Å²) in [6, 6.07) is 18.3. The van der Waals surface area contributed by atoms with Gasteiger partial charge in [0.05, 0.1) is 11.9 Å². The molecule has 6 nitrogen and oxygen atoms in total. The Hall–Kier alpha value is -4.00. The number of esters is 1. The highest BCUT2D eigenvalue weighted by molar-refractivity contribution is 6.09. The molecule has 4 rings (SSSR count). The lowest BCUT2D eigenvalue weighted by Gasteiger charge is -2.06. The van der Waals surface area contributed by atoms with E-state index in [0.29, 0.717) is 22.2 Å². The minimum absolute atomic E-state index is 0.0281. The van der Waals surface area contributed by atoms with Gasteiger partial charge in [-0.15, -0.1) is 0 Å². The van der Waals surface area contributed by atoms with Gasteiger partial charge in [0.25, 0.3) is 0 Å². The number of halogens is 1. The maximum atomic E-state index is 13.0. The van der Waals surface area contributed by atoms with Gasteiger partial charge in [-0.1, -0.05) is 12.1 Å². The third-order valence-corrected chi connectivity index (χ3v) is 4.57. The Kier molecular flexibility index (Phi) is 5.26. The molecule has 0 amide bonds. The lowest BCUT2D eigenvalue weighted by Crippen LogP contribution is -2.18. The van der Waals surface area contributed by atoms with E-state index >= 15 is 0 Å². The molecule has 4 aromatic rings. The molecular formula is C23H16FNO5. The van der Waals surface area contributed by atoms with Gasteiger partial charge in [-0.3, -0.25) is 14.2 Å². The van der Waals surface area contributed by atoms with E-state index in [-0.39, 0.29) is 24.5 Å². The fourth-order valence-electron chi connectivity index (χ4n) is 3.05. The molecule has 0 unspecified atom stereocenters. The van der Waals surface area contributed by atoms with Crippen LogP contribution >= 0.6 is 0 Å². The number of aryl methyl sites for hydroxylation is 1. The molecule has 0 saturated heterocycles. The summed E-state index contributed by atoms with van der Waals surface area (Å²) >= 11 is 0. The van der Waals surface area contributed by atoms with Gasteiger partial charge in [0.1, 0.15) is 11.6 Å². The van der Waals surface area contributed by atoms with Gasteiger partial charge in [-0.2, -0.15) is 0 Å². The number of benzene rings is 3. The number of para-hydroxylation sites is 2. The Morgan fingerprint density at radius 1 is 0.900 bits per heavy atom. The van der Waals surface area contributed by atoms with E-state index in [9.17, 15) is 18.8 Å². The van der Waals surface area contributed by atoms with Crippen LogP contribution in [0, 0.1) is 5.82 Å². The summed E-state index contributed by atoms with van der Waals surface area (Å²) in [7, 11) is 0. The van der Waals surface area contributed by atoms with Crippen LogP contribution in [-0.4, -0.2) is 16.3 Å². The number of aromatic nitrogens is 1. The normalized spacial score (nSPS) is 10.8. The van der Waals surface area contributed by atoms with E-state index in [4.69, 9.17) is 9.15 Å². The third-order valence-electron chi connectivity index (χ3n) is 4.57. The van der Waals surface area contributed by atoms with Crippen molar-refractivity contribution in [3.63, 3.8) is 0 Å². The Balaban J connectivity index is 1.39. The molecule has 30 heavy (non-hydrogen) atoms. The fraction of sp³-hybridized carbons (Fsp3) is 0.0870. The summed E-state index contributed by atoms with van der Waals surface area (Å²) in [5, 5.41) is 0. The second-order valence-electron chi connectivity index (χ2n) is 6.57. The average Bonchev–Trinajstić information content (AvgIpc) is 3.08. The number of hydrogen-bond acceptors (Lipinski definition) is 5. The zero-order chi connectivity index (χ0) is 21.1. The van der Waals surface area contributed by atoms with E-state index in [1.54, 1.807) is 24.3 Å². The van der Waals surface area contributed by atoms with Crippen LogP contribution in [0.5, 0.6) is 5.75 Å². The van der Waals surface area contributed by atoms with Crippen molar-refractivity contribution >= 4 is 22.9 Å². The maximum Gasteiger partial charge on any atom is 0.419 e. The molecule has 0 aliphatic heterocycles. The van der Waals surface area contributed by atoms with Crippen molar-refractivity contribution in [1.29, 1.82) is 0 Å². The molecule has 1 heterocycles. The molecule has 0 saturated carbocycles. The highest BCUT2D eigenvalue weighted by Gasteiger charge is 2.13. The number of rotatable bonds is 6. The van der Waals surface area contributed by atoms with Crippen LogP contribution in [0.4, 0.5) is 4.39 Å². The van der Waals surface area contributed by atoms with Crippen molar-refractivity contribution in [3.05, 3.63) is 100 Å². The summed E-state index contributed by atoms with van der Waals surface area (Å²) < 4.78 is 24.8. The van der Waals surface area contributed by atoms with E-state index < -0.39 is 17.5 Å². The molecule has 0 radical (unpaired) electrons. The number of ether oxygens (including phenoxy) is 1. The first-order valence-corrected chi connectivity index (χ1v) is 9.20. The van der Waals surface area contributed by atoms with E-state index in [0.717, 1.165) is 0 Å². The van der Waals surface area contributed by atoms with Crippen LogP contribution in [-0.2, 0) is 11.3 Å². The highest BCUT2D eigenvalue weighted by Crippen LogP contribution is 2.17. The number of oxazole rings is 1. The van der Waals surface area contributed by atoms with Crippen LogP contribution in [0.25, 0.3) is 11.1 Å². The molecule has 0 fully saturated rings. The van der Waals surface area contributed by atoms with Crippen molar-refractivity contribution in [2.24, 2.45) is 0 Å². The number of hydrogen-bond donors (Lipinski definition) is 0. The van der Waals surface area contributed by atoms with E-state index in [1.807, 2.05) is 0 Å². The van der Waals surface area contributed by atoms with Gasteiger partial charge >= 0.3 is 11.7 Å². The molecule has 7 heteroatoms. The van der Waals surface area contributed by atoms with Gasteiger partial charge in [0.15, 0.2) is 11.4 Å². The van der Waals surface area contributed by atoms with Crippen molar-refractivity contribution in [2.45, 2.75) is 13.0 Å². The molecule has 0 aliphatic carbocycles. The van der Waals surface area contributed by atoms with Crippen molar-refractivity contribution in [2.75, 3.05) is 0 Å². The number of ketones is 1. The summed E-state index contributed by atoms with van der Waals surface area (Å²) in [6.45, 7) is 0.121. The predicted octanol–water partition coefficient (Wildman–Crippen LogP) is 3.96. The molecule has 150 valence electrons. The molecule has 0 spiro atoms. The first-order valence-electron chi connectivity index (χ1n) is 9.20. The maximum absolute atomic E-state index is 13.0. The summed E-state index contributed by atoms with van der Waals surface area (Å²) in [5.41, 5.74) is 1.81. The SMILES string of the molecule is O=C(CCn1c(=O)oc2ccccc21)Oc1ccc(C(=O)c2ccc(F)cc2)cc1. The van der Waals surface area contributed by atoms with Gasteiger partial charge < -0.3 is 9.15 Å². The van der Waals surface area contributed by atoms with Gasteiger partial charge in [0.2, 0.25) is 0 Å². The van der Waals surface area contributed by atoms with Gasteiger partial charge in [-0.05, 0) is 60.7 Å². The molecule has 0 atom stereocenters. The molecule has 0 aliphatic rings. The first-order chi connectivity index (χ1) is 14.5. The minimum atomic E-state index is -0.535. The number of carbonyl (C=O) groups is 2. The fourth-order valence-corrected chi connectivity index (χ4v) is 3.05. The van der Waals surface area contributed by atoms with E-state index in [1.165, 1.54) is 53.1 Å². The van der Waals surface area contributed by atoms with Crippen molar-refractivity contribution in [1.82, 2.24) is 4.57 Å². The number of carbonyl (C=O) groups excluding carboxylic acids is 2. The summed E-state index contributed by atoms with van der Waals surface area (Å²) in [5.74, 6) is -1.46. The molecule has 0 N–H and O–H groups in total. The standard InChI is InChI=1S/C23H16FNO5/c24-17-9-5-15(6-10-17)22(27)16-7-11-18(12-8-16)29-21(26)13-14-25-19-3-1-2-4-20(19)30-23(25)28/h1-12H,13-14H2. The summed E-state index contributed by atoms with van der Waals surface area (Å²) in [6.07, 6.45) is -0.0281. The monoisotopic (exact) mass is 405 g/mol. The van der Waals surface area contributed by atoms with Crippen molar-refractivity contribution in [3.8, 4) is 5.75 Å². The van der Waals surface area contributed by atoms with Gasteiger partial charge in [-0.25, -0.2) is 9.18 Å². The second kappa shape index (κ2) is 8.16. The molecular weight excluding hydrogens is 389 g/mol. The topological polar surface area (TPSA) is 78.5 Å². The second-order valence-corrected chi connectivity index (χ2v) is 6.57. The van der Waals surface area contributed by atoms with Crippen LogP contribution in [0.15, 0.2) is 82.0 Å². The summed E-state index contributed by atoms with van der Waals surface area (Å²) in [4.78, 5) is 36.5. The first kappa shape index (κ1) is 19.3. The smallest absolute Gasteiger partial charge is 0.419 e. The molecule has 0 bridgehead atoms. The van der Waals surface area contributed by atoms with Crippen LogP contribution < -0.4 is 10.5 Å². The Morgan fingerprint density at radius 2 is 1.53 bits per heavy atom. The minimum Gasteiger partial charge on any atom is -0.426 e. The lowest BCUT2D eigenvalue weighted by atomic mass is 10.0. The Morgan fingerprint density at radius 3 is 2.23 bits per heavy atom. The number of fused-ring (bicyclic) bond motifs is 1. The molecule has 3 aromatic carbocycles. The Labute approximate surface area is 170 Å². The average molecular weight is 405 g/mol. The largest absolute Gasteiger partial charge is 0.426 e. The quantitative estimate of drug-likeness (QED) is 0.276. The van der Waals surface area contributed by atoms with Crippen LogP contribution in [0.2, 0.25) is 0 Å². The Bertz CT molecular complexity index is 1270. The predicted molar refractivity (Wildman–Crippen MR) is 107 cm³/mol. The number of nitrogens with zero attached hydrogens (tertiary/aromatic N) is 1.